The fourth-order valence-electron chi connectivity index (χ4n) is 2.42. The summed E-state index contributed by atoms with van der Waals surface area (Å²) < 4.78 is 26.6. The first-order chi connectivity index (χ1) is 13.5. The second-order valence-corrected chi connectivity index (χ2v) is 5.80. The largest absolute Gasteiger partial charge is 0.322 e. The van der Waals surface area contributed by atoms with E-state index in [0.29, 0.717) is 17.3 Å². The van der Waals surface area contributed by atoms with Crippen molar-refractivity contribution in [2.24, 2.45) is 0 Å². The lowest BCUT2D eigenvalue weighted by Gasteiger charge is -2.09. The second-order valence-electron chi connectivity index (χ2n) is 5.80. The molecule has 3 rings (SSSR count). The zero-order chi connectivity index (χ0) is 20.1. The summed E-state index contributed by atoms with van der Waals surface area (Å²) in [6.45, 7) is 0. The Labute approximate surface area is 159 Å². The van der Waals surface area contributed by atoms with Crippen molar-refractivity contribution in [3.8, 4) is 6.07 Å². The van der Waals surface area contributed by atoms with E-state index in [2.05, 4.69) is 10.6 Å². The van der Waals surface area contributed by atoms with E-state index in [1.165, 1.54) is 24.3 Å². The van der Waals surface area contributed by atoms with Crippen LogP contribution < -0.4 is 10.6 Å². The second kappa shape index (κ2) is 8.10. The molecule has 3 aromatic rings. The number of halogens is 2. The number of nitrogens with one attached hydrogen (secondary N) is 2. The Morgan fingerprint density at radius 1 is 0.821 bits per heavy atom. The Balaban J connectivity index is 1.74. The predicted molar refractivity (Wildman–Crippen MR) is 99.9 cm³/mol. The van der Waals surface area contributed by atoms with Gasteiger partial charge in [0, 0.05) is 22.9 Å². The molecule has 0 spiro atoms. The van der Waals surface area contributed by atoms with Crippen molar-refractivity contribution in [3.63, 3.8) is 0 Å². The van der Waals surface area contributed by atoms with Crippen LogP contribution in [0.1, 0.15) is 26.3 Å². The Hall–Kier alpha value is -4.05. The van der Waals surface area contributed by atoms with Crippen LogP contribution >= 0.6 is 0 Å². The first-order valence-corrected chi connectivity index (χ1v) is 8.14. The highest BCUT2D eigenvalue weighted by atomic mass is 19.1. The minimum absolute atomic E-state index is 0.135. The van der Waals surface area contributed by atoms with E-state index in [0.717, 1.165) is 12.1 Å². The molecule has 2 amide bonds. The SMILES string of the molecule is N#Cc1ccc(NC(=O)c2cccc(C(=O)Nc3ccc(F)cc3F)c2)cc1. The third-order valence-corrected chi connectivity index (χ3v) is 3.84. The number of hydrogen-bond donors (Lipinski definition) is 2. The maximum atomic E-state index is 13.7. The van der Waals surface area contributed by atoms with Crippen molar-refractivity contribution in [1.82, 2.24) is 0 Å². The molecule has 0 bridgehead atoms. The van der Waals surface area contributed by atoms with Crippen LogP contribution in [0, 0.1) is 23.0 Å². The fourth-order valence-corrected chi connectivity index (χ4v) is 2.42. The number of benzene rings is 3. The number of nitrogens with zero attached hydrogens (tertiary/aromatic N) is 1. The lowest BCUT2D eigenvalue weighted by atomic mass is 10.1. The molecule has 0 aliphatic rings. The molecule has 7 heteroatoms. The lowest BCUT2D eigenvalue weighted by molar-refractivity contribution is 0.102. The highest BCUT2D eigenvalue weighted by Gasteiger charge is 2.13. The molecule has 0 aromatic heterocycles. The van der Waals surface area contributed by atoms with E-state index in [1.54, 1.807) is 24.3 Å². The molecule has 2 N–H and O–H groups in total. The number of amides is 2. The quantitative estimate of drug-likeness (QED) is 0.710. The molecule has 0 unspecified atom stereocenters. The summed E-state index contributed by atoms with van der Waals surface area (Å²) in [5.74, 6) is -2.74. The average molecular weight is 377 g/mol. The van der Waals surface area contributed by atoms with Crippen LogP contribution in [-0.4, -0.2) is 11.8 Å². The summed E-state index contributed by atoms with van der Waals surface area (Å²) in [5.41, 5.74) is 1.14. The van der Waals surface area contributed by atoms with Gasteiger partial charge in [0.1, 0.15) is 11.6 Å². The van der Waals surface area contributed by atoms with E-state index >= 15 is 0 Å². The van der Waals surface area contributed by atoms with Gasteiger partial charge in [-0.2, -0.15) is 5.26 Å². The molecular weight excluding hydrogens is 364 g/mol. The summed E-state index contributed by atoms with van der Waals surface area (Å²) in [4.78, 5) is 24.7. The summed E-state index contributed by atoms with van der Waals surface area (Å²) in [6.07, 6.45) is 0. The predicted octanol–water partition coefficient (Wildman–Crippen LogP) is 4.34. The van der Waals surface area contributed by atoms with Gasteiger partial charge in [0.05, 0.1) is 17.3 Å². The number of hydrogen-bond acceptors (Lipinski definition) is 3. The molecule has 5 nitrogen and oxygen atoms in total. The van der Waals surface area contributed by atoms with Gasteiger partial charge in [-0.3, -0.25) is 9.59 Å². The van der Waals surface area contributed by atoms with Gasteiger partial charge in [0.25, 0.3) is 11.8 Å². The Bertz CT molecular complexity index is 1090. The summed E-state index contributed by atoms with van der Waals surface area (Å²) in [5, 5.41) is 13.8. The van der Waals surface area contributed by atoms with E-state index < -0.39 is 23.4 Å². The van der Waals surface area contributed by atoms with Gasteiger partial charge >= 0.3 is 0 Å². The molecule has 0 radical (unpaired) electrons. The van der Waals surface area contributed by atoms with Gasteiger partial charge in [-0.15, -0.1) is 0 Å². The topological polar surface area (TPSA) is 82.0 Å². The first kappa shape index (κ1) is 18.7. The van der Waals surface area contributed by atoms with E-state index in [-0.39, 0.29) is 16.8 Å². The van der Waals surface area contributed by atoms with Crippen LogP contribution in [0.2, 0.25) is 0 Å². The molecule has 138 valence electrons. The van der Waals surface area contributed by atoms with E-state index in [4.69, 9.17) is 5.26 Å². The monoisotopic (exact) mass is 377 g/mol. The Morgan fingerprint density at radius 2 is 1.46 bits per heavy atom. The molecular formula is C21H13F2N3O2. The molecule has 0 aliphatic carbocycles. The molecule has 0 saturated heterocycles. The lowest BCUT2D eigenvalue weighted by Crippen LogP contribution is -2.16. The normalized spacial score (nSPS) is 10.0. The van der Waals surface area contributed by atoms with Gasteiger partial charge in [0.2, 0.25) is 0 Å². The molecule has 0 heterocycles. The molecule has 0 aliphatic heterocycles. The van der Waals surface area contributed by atoms with Gasteiger partial charge in [-0.05, 0) is 54.6 Å². The van der Waals surface area contributed by atoms with Crippen LogP contribution in [0.5, 0.6) is 0 Å². The van der Waals surface area contributed by atoms with Crippen molar-refractivity contribution in [1.29, 1.82) is 5.26 Å². The molecule has 28 heavy (non-hydrogen) atoms. The van der Waals surface area contributed by atoms with Crippen LogP contribution in [0.4, 0.5) is 20.2 Å². The highest BCUT2D eigenvalue weighted by molar-refractivity contribution is 6.08. The average Bonchev–Trinajstić information content (AvgIpc) is 2.70. The van der Waals surface area contributed by atoms with E-state index in [9.17, 15) is 18.4 Å². The minimum Gasteiger partial charge on any atom is -0.322 e. The zero-order valence-corrected chi connectivity index (χ0v) is 14.4. The van der Waals surface area contributed by atoms with Gasteiger partial charge in [-0.25, -0.2) is 8.78 Å². The first-order valence-electron chi connectivity index (χ1n) is 8.14. The van der Waals surface area contributed by atoms with Crippen molar-refractivity contribution in [3.05, 3.63) is 95.1 Å². The van der Waals surface area contributed by atoms with Crippen molar-refractivity contribution in [2.45, 2.75) is 0 Å². The third-order valence-electron chi connectivity index (χ3n) is 3.84. The number of carbonyl (C=O) groups excluding carboxylic acids is 2. The number of anilines is 2. The third kappa shape index (κ3) is 4.37. The summed E-state index contributed by atoms with van der Waals surface area (Å²) in [6, 6.07) is 17.0. The van der Waals surface area contributed by atoms with Crippen LogP contribution in [-0.2, 0) is 0 Å². The Morgan fingerprint density at radius 3 is 2.07 bits per heavy atom. The zero-order valence-electron chi connectivity index (χ0n) is 14.4. The maximum Gasteiger partial charge on any atom is 0.255 e. The number of nitriles is 1. The smallest absolute Gasteiger partial charge is 0.255 e. The number of rotatable bonds is 4. The standard InChI is InChI=1S/C21H13F2N3O2/c22-16-6-9-19(18(23)11-16)26-21(28)15-3-1-2-14(10-15)20(27)25-17-7-4-13(12-24)5-8-17/h1-11H,(H,25,27)(H,26,28). The van der Waals surface area contributed by atoms with Crippen molar-refractivity contribution >= 4 is 23.2 Å². The van der Waals surface area contributed by atoms with Gasteiger partial charge in [-0.1, -0.05) is 6.07 Å². The summed E-state index contributed by atoms with van der Waals surface area (Å²) in [7, 11) is 0. The van der Waals surface area contributed by atoms with Gasteiger partial charge < -0.3 is 10.6 Å². The summed E-state index contributed by atoms with van der Waals surface area (Å²) >= 11 is 0. The maximum absolute atomic E-state index is 13.7. The molecule has 0 atom stereocenters. The van der Waals surface area contributed by atoms with Crippen LogP contribution in [0.3, 0.4) is 0 Å². The highest BCUT2D eigenvalue weighted by Crippen LogP contribution is 2.17. The van der Waals surface area contributed by atoms with Crippen LogP contribution in [0.15, 0.2) is 66.7 Å². The van der Waals surface area contributed by atoms with Crippen molar-refractivity contribution in [2.75, 3.05) is 10.6 Å². The van der Waals surface area contributed by atoms with E-state index in [1.807, 2.05) is 6.07 Å². The van der Waals surface area contributed by atoms with Crippen molar-refractivity contribution < 1.29 is 18.4 Å². The molecule has 0 saturated carbocycles. The molecule has 0 fully saturated rings. The number of carbonyl (C=O) groups is 2. The Kier molecular flexibility index (Phi) is 5.42. The van der Waals surface area contributed by atoms with Crippen LogP contribution in [0.25, 0.3) is 0 Å². The fraction of sp³-hybridized carbons (Fsp3) is 0. The van der Waals surface area contributed by atoms with Gasteiger partial charge in [0.15, 0.2) is 0 Å². The minimum atomic E-state index is -0.900. The molecule has 3 aromatic carbocycles.